The second-order valence-corrected chi connectivity index (χ2v) is 4.19. The van der Waals surface area contributed by atoms with Gasteiger partial charge in [0.2, 0.25) is 0 Å². The summed E-state index contributed by atoms with van der Waals surface area (Å²) >= 11 is 0. The normalized spacial score (nSPS) is 18.9. The highest BCUT2D eigenvalue weighted by Crippen LogP contribution is 2.21. The summed E-state index contributed by atoms with van der Waals surface area (Å²) in [6.07, 6.45) is 1.27. The van der Waals surface area contributed by atoms with E-state index in [1.54, 1.807) is 0 Å². The molecular formula is C12H15F2NO. The van der Waals surface area contributed by atoms with Crippen molar-refractivity contribution in [3.8, 4) is 0 Å². The van der Waals surface area contributed by atoms with Gasteiger partial charge in [-0.1, -0.05) is 0 Å². The van der Waals surface area contributed by atoms with Gasteiger partial charge in [0.1, 0.15) is 11.6 Å². The molecule has 1 fully saturated rings. The Kier molecular flexibility index (Phi) is 3.51. The first-order chi connectivity index (χ1) is 7.66. The summed E-state index contributed by atoms with van der Waals surface area (Å²) in [7, 11) is 0. The van der Waals surface area contributed by atoms with Crippen molar-refractivity contribution in [1.82, 2.24) is 4.90 Å². The van der Waals surface area contributed by atoms with E-state index < -0.39 is 17.7 Å². The maximum absolute atomic E-state index is 13.3. The highest BCUT2D eigenvalue weighted by Gasteiger charge is 2.19. The van der Waals surface area contributed by atoms with Crippen LogP contribution in [0.25, 0.3) is 0 Å². The standard InChI is InChI=1S/C12H15F2NO/c13-9-3-4-11(14)10(7-9)12(16)8-15-5-1-2-6-15/h3-4,7,12,16H,1-2,5-6,8H2. The maximum Gasteiger partial charge on any atom is 0.129 e. The number of aliphatic hydroxyl groups is 1. The van der Waals surface area contributed by atoms with Gasteiger partial charge in [0.25, 0.3) is 0 Å². The lowest BCUT2D eigenvalue weighted by Gasteiger charge is -2.19. The van der Waals surface area contributed by atoms with Crippen molar-refractivity contribution in [1.29, 1.82) is 0 Å². The molecule has 0 amide bonds. The fraction of sp³-hybridized carbons (Fsp3) is 0.500. The smallest absolute Gasteiger partial charge is 0.129 e. The van der Waals surface area contributed by atoms with E-state index in [1.807, 2.05) is 0 Å². The summed E-state index contributed by atoms with van der Waals surface area (Å²) in [5, 5.41) is 9.84. The molecule has 1 unspecified atom stereocenters. The lowest BCUT2D eigenvalue weighted by molar-refractivity contribution is 0.122. The number of β-amino-alcohol motifs (C(OH)–C–C–N with tert-alkyl or cyclic N) is 1. The summed E-state index contributed by atoms with van der Waals surface area (Å²) in [6.45, 7) is 2.22. The lowest BCUT2D eigenvalue weighted by Crippen LogP contribution is -2.26. The predicted octanol–water partition coefficient (Wildman–Crippen LogP) is 2.09. The Hall–Kier alpha value is -1.00. The molecule has 0 aromatic heterocycles. The van der Waals surface area contributed by atoms with E-state index >= 15 is 0 Å². The molecule has 0 aliphatic carbocycles. The molecule has 1 aromatic carbocycles. The van der Waals surface area contributed by atoms with Crippen molar-refractivity contribution in [3.05, 3.63) is 35.4 Å². The third kappa shape index (κ3) is 2.57. The van der Waals surface area contributed by atoms with Crippen LogP contribution >= 0.6 is 0 Å². The average molecular weight is 227 g/mol. The summed E-state index contributed by atoms with van der Waals surface area (Å²) < 4.78 is 26.3. The van der Waals surface area contributed by atoms with Gasteiger partial charge in [0, 0.05) is 12.1 Å². The van der Waals surface area contributed by atoms with Gasteiger partial charge in [-0.3, -0.25) is 0 Å². The number of benzene rings is 1. The summed E-state index contributed by atoms with van der Waals surface area (Å²) in [6, 6.07) is 3.18. The van der Waals surface area contributed by atoms with Crippen LogP contribution in [0, 0.1) is 11.6 Å². The van der Waals surface area contributed by atoms with Gasteiger partial charge in [0.15, 0.2) is 0 Å². The number of hydrogen-bond acceptors (Lipinski definition) is 2. The van der Waals surface area contributed by atoms with Gasteiger partial charge < -0.3 is 10.0 Å². The number of hydrogen-bond donors (Lipinski definition) is 1. The van der Waals surface area contributed by atoms with Crippen LogP contribution in [-0.4, -0.2) is 29.6 Å². The molecule has 1 heterocycles. The van der Waals surface area contributed by atoms with Gasteiger partial charge in [-0.05, 0) is 44.1 Å². The zero-order chi connectivity index (χ0) is 11.5. The molecule has 0 bridgehead atoms. The molecule has 1 atom stereocenters. The minimum Gasteiger partial charge on any atom is -0.387 e. The SMILES string of the molecule is OC(CN1CCCC1)c1cc(F)ccc1F. The first-order valence-electron chi connectivity index (χ1n) is 5.52. The van der Waals surface area contributed by atoms with E-state index in [2.05, 4.69) is 4.90 Å². The zero-order valence-electron chi connectivity index (χ0n) is 9.00. The third-order valence-electron chi connectivity index (χ3n) is 2.95. The summed E-state index contributed by atoms with van der Waals surface area (Å²) in [5.41, 5.74) is 0.0481. The van der Waals surface area contributed by atoms with Crippen molar-refractivity contribution in [3.63, 3.8) is 0 Å². The van der Waals surface area contributed by atoms with Crippen LogP contribution in [0.2, 0.25) is 0 Å². The molecule has 1 saturated heterocycles. The lowest BCUT2D eigenvalue weighted by atomic mass is 10.1. The summed E-state index contributed by atoms with van der Waals surface area (Å²) in [5.74, 6) is -1.06. The minimum absolute atomic E-state index is 0.0481. The minimum atomic E-state index is -0.950. The molecule has 1 N–H and O–H groups in total. The van der Waals surface area contributed by atoms with Crippen LogP contribution in [0.1, 0.15) is 24.5 Å². The van der Waals surface area contributed by atoms with Crippen molar-refractivity contribution in [2.24, 2.45) is 0 Å². The molecule has 1 aliphatic rings. The first-order valence-corrected chi connectivity index (χ1v) is 5.52. The Balaban J connectivity index is 2.07. The van der Waals surface area contributed by atoms with Crippen LogP contribution in [-0.2, 0) is 0 Å². The Morgan fingerprint density at radius 1 is 1.25 bits per heavy atom. The van der Waals surface area contributed by atoms with E-state index in [0.717, 1.165) is 44.1 Å². The molecule has 2 rings (SSSR count). The topological polar surface area (TPSA) is 23.5 Å². The number of nitrogens with zero attached hydrogens (tertiary/aromatic N) is 1. The van der Waals surface area contributed by atoms with Crippen LogP contribution in [0.4, 0.5) is 8.78 Å². The first kappa shape index (κ1) is 11.5. The van der Waals surface area contributed by atoms with Gasteiger partial charge in [-0.15, -0.1) is 0 Å². The molecule has 0 spiro atoms. The number of rotatable bonds is 3. The average Bonchev–Trinajstić information content (AvgIpc) is 2.74. The molecule has 2 nitrogen and oxygen atoms in total. The van der Waals surface area contributed by atoms with Crippen LogP contribution in [0.5, 0.6) is 0 Å². The van der Waals surface area contributed by atoms with E-state index in [4.69, 9.17) is 0 Å². The van der Waals surface area contributed by atoms with Crippen molar-refractivity contribution in [2.45, 2.75) is 18.9 Å². The van der Waals surface area contributed by atoms with Gasteiger partial charge in [-0.2, -0.15) is 0 Å². The van der Waals surface area contributed by atoms with Gasteiger partial charge in [0.05, 0.1) is 6.10 Å². The van der Waals surface area contributed by atoms with Gasteiger partial charge >= 0.3 is 0 Å². The van der Waals surface area contributed by atoms with Gasteiger partial charge in [-0.25, -0.2) is 8.78 Å². The Labute approximate surface area is 93.5 Å². The number of likely N-dealkylation sites (tertiary alicyclic amines) is 1. The molecule has 1 aromatic rings. The highest BCUT2D eigenvalue weighted by atomic mass is 19.1. The second-order valence-electron chi connectivity index (χ2n) is 4.19. The van der Waals surface area contributed by atoms with E-state index in [-0.39, 0.29) is 5.56 Å². The highest BCUT2D eigenvalue weighted by molar-refractivity contribution is 5.21. The van der Waals surface area contributed by atoms with E-state index in [1.165, 1.54) is 0 Å². The maximum atomic E-state index is 13.3. The molecule has 16 heavy (non-hydrogen) atoms. The summed E-state index contributed by atoms with van der Waals surface area (Å²) in [4.78, 5) is 2.06. The monoisotopic (exact) mass is 227 g/mol. The fourth-order valence-electron chi connectivity index (χ4n) is 2.08. The van der Waals surface area contributed by atoms with Crippen LogP contribution in [0.3, 0.4) is 0 Å². The fourth-order valence-corrected chi connectivity index (χ4v) is 2.08. The van der Waals surface area contributed by atoms with Crippen LogP contribution in [0.15, 0.2) is 18.2 Å². The predicted molar refractivity (Wildman–Crippen MR) is 57.0 cm³/mol. The molecule has 1 aliphatic heterocycles. The van der Waals surface area contributed by atoms with Crippen molar-refractivity contribution >= 4 is 0 Å². The van der Waals surface area contributed by atoms with Crippen molar-refractivity contribution < 1.29 is 13.9 Å². The largest absolute Gasteiger partial charge is 0.387 e. The molecule has 0 saturated carbocycles. The Morgan fingerprint density at radius 2 is 1.94 bits per heavy atom. The van der Waals surface area contributed by atoms with Crippen LogP contribution < -0.4 is 0 Å². The molecule has 4 heteroatoms. The van der Waals surface area contributed by atoms with E-state index in [9.17, 15) is 13.9 Å². The quantitative estimate of drug-likeness (QED) is 0.854. The zero-order valence-corrected chi connectivity index (χ0v) is 9.00. The molecule has 0 radical (unpaired) electrons. The van der Waals surface area contributed by atoms with Crippen molar-refractivity contribution in [2.75, 3.05) is 19.6 Å². The Bertz CT molecular complexity index is 364. The number of aliphatic hydroxyl groups excluding tert-OH is 1. The third-order valence-corrected chi connectivity index (χ3v) is 2.95. The van der Waals surface area contributed by atoms with E-state index in [0.29, 0.717) is 6.54 Å². The molecular weight excluding hydrogens is 212 g/mol. The second kappa shape index (κ2) is 4.89. The number of halogens is 2. The Morgan fingerprint density at radius 3 is 2.62 bits per heavy atom. The molecule has 88 valence electrons.